The molecule has 3 aromatic rings. The zero-order chi connectivity index (χ0) is 21.8. The molecule has 1 aliphatic heterocycles. The summed E-state index contributed by atoms with van der Waals surface area (Å²) in [5.41, 5.74) is 1.49. The molecule has 0 aliphatic carbocycles. The molecule has 7 nitrogen and oxygen atoms in total. The Morgan fingerprint density at radius 3 is 2.71 bits per heavy atom. The molecule has 1 aliphatic rings. The topological polar surface area (TPSA) is 77.5 Å². The molecule has 31 heavy (non-hydrogen) atoms. The van der Waals surface area contributed by atoms with Gasteiger partial charge >= 0.3 is 0 Å². The van der Waals surface area contributed by atoms with Crippen LogP contribution in [0.3, 0.4) is 0 Å². The van der Waals surface area contributed by atoms with Crippen LogP contribution in [-0.2, 0) is 9.47 Å². The Bertz CT molecular complexity index is 1050. The summed E-state index contributed by atoms with van der Waals surface area (Å²) >= 11 is 3.43. The number of ether oxygens (including phenoxy) is 3. The van der Waals surface area contributed by atoms with Crippen LogP contribution in [-0.4, -0.2) is 35.1 Å². The number of nitrogens with one attached hydrogen (secondary N) is 2. The van der Waals surface area contributed by atoms with Crippen LogP contribution in [0.1, 0.15) is 13.8 Å². The maximum Gasteiger partial charge on any atom is 0.229 e. The van der Waals surface area contributed by atoms with E-state index in [1.807, 2.05) is 38.1 Å². The first-order chi connectivity index (χ1) is 14.9. The third kappa shape index (κ3) is 5.90. The van der Waals surface area contributed by atoms with Crippen LogP contribution in [0, 0.1) is 5.82 Å². The van der Waals surface area contributed by atoms with Gasteiger partial charge in [0, 0.05) is 23.6 Å². The predicted molar refractivity (Wildman–Crippen MR) is 120 cm³/mol. The number of nitrogens with zero attached hydrogens (tertiary/aromatic N) is 2. The Morgan fingerprint density at radius 1 is 1.16 bits per heavy atom. The summed E-state index contributed by atoms with van der Waals surface area (Å²) in [6, 6.07) is 13.5. The van der Waals surface area contributed by atoms with Crippen LogP contribution >= 0.6 is 15.9 Å². The zero-order valence-corrected chi connectivity index (χ0v) is 18.6. The van der Waals surface area contributed by atoms with Crippen LogP contribution in [0.5, 0.6) is 5.75 Å². The molecule has 1 aromatic heterocycles. The quantitative estimate of drug-likeness (QED) is 0.461. The van der Waals surface area contributed by atoms with Gasteiger partial charge in [0.15, 0.2) is 5.79 Å². The normalized spacial score (nSPS) is 17.4. The van der Waals surface area contributed by atoms with Crippen LogP contribution in [0.4, 0.5) is 27.5 Å². The molecule has 2 heterocycles. The molecule has 2 N–H and O–H groups in total. The Kier molecular flexibility index (Phi) is 6.35. The summed E-state index contributed by atoms with van der Waals surface area (Å²) in [5, 5.41) is 6.31. The fraction of sp³-hybridized carbons (Fsp3) is 0.273. The molecule has 0 radical (unpaired) electrons. The van der Waals surface area contributed by atoms with Crippen LogP contribution in [0.2, 0.25) is 0 Å². The maximum atomic E-state index is 13.1. The summed E-state index contributed by atoms with van der Waals surface area (Å²) in [5.74, 6) is 0.778. The van der Waals surface area contributed by atoms with E-state index >= 15 is 0 Å². The summed E-state index contributed by atoms with van der Waals surface area (Å²) in [6.07, 6.45) is 1.53. The van der Waals surface area contributed by atoms with Crippen molar-refractivity contribution in [2.75, 3.05) is 23.8 Å². The van der Waals surface area contributed by atoms with E-state index in [9.17, 15) is 4.39 Å². The molecule has 0 saturated carbocycles. The third-order valence-corrected chi connectivity index (χ3v) is 5.02. The molecule has 0 amide bonds. The van der Waals surface area contributed by atoms with Gasteiger partial charge in [-0.1, -0.05) is 6.07 Å². The lowest BCUT2D eigenvalue weighted by Gasteiger charge is -2.17. The van der Waals surface area contributed by atoms with Crippen LogP contribution in [0.25, 0.3) is 0 Å². The van der Waals surface area contributed by atoms with Gasteiger partial charge in [-0.2, -0.15) is 4.98 Å². The average Bonchev–Trinajstić information content (AvgIpc) is 3.10. The monoisotopic (exact) mass is 488 g/mol. The highest BCUT2D eigenvalue weighted by Crippen LogP contribution is 2.27. The summed E-state index contributed by atoms with van der Waals surface area (Å²) in [4.78, 5) is 8.79. The van der Waals surface area contributed by atoms with E-state index in [1.54, 1.807) is 18.3 Å². The number of hydrogen-bond acceptors (Lipinski definition) is 7. The maximum absolute atomic E-state index is 13.1. The Labute approximate surface area is 188 Å². The van der Waals surface area contributed by atoms with E-state index in [1.165, 1.54) is 12.1 Å². The van der Waals surface area contributed by atoms with Crippen molar-refractivity contribution >= 4 is 39.1 Å². The standard InChI is InChI=1S/C22H22BrFN4O3/c1-22(2)30-13-18(31-22)12-29-17-5-3-4-16(10-17)27-21-25-11-19(23)20(28-21)26-15-8-6-14(24)7-9-15/h3-11,18H,12-13H2,1-2H3,(H2,25,26,27,28)/t18-/m1/s1. The molecular weight excluding hydrogens is 467 g/mol. The second-order valence-corrected chi connectivity index (χ2v) is 8.29. The number of aromatic nitrogens is 2. The number of benzene rings is 2. The summed E-state index contributed by atoms with van der Waals surface area (Å²) in [7, 11) is 0. The van der Waals surface area contributed by atoms with Gasteiger partial charge < -0.3 is 24.8 Å². The minimum absolute atomic E-state index is 0.110. The first-order valence-corrected chi connectivity index (χ1v) is 10.5. The number of rotatable bonds is 7. The second kappa shape index (κ2) is 9.17. The molecule has 1 atom stereocenters. The van der Waals surface area contributed by atoms with Gasteiger partial charge in [0.05, 0.1) is 11.1 Å². The molecule has 1 fully saturated rings. The van der Waals surface area contributed by atoms with E-state index in [-0.39, 0.29) is 11.9 Å². The van der Waals surface area contributed by atoms with Crippen molar-refractivity contribution in [2.45, 2.75) is 25.7 Å². The predicted octanol–water partition coefficient (Wildman–Crippen LogP) is 5.40. The van der Waals surface area contributed by atoms with Crippen molar-refractivity contribution in [3.05, 3.63) is 65.0 Å². The Hall–Kier alpha value is -2.75. The van der Waals surface area contributed by atoms with E-state index in [0.29, 0.717) is 40.9 Å². The van der Waals surface area contributed by atoms with Crippen molar-refractivity contribution in [1.29, 1.82) is 0 Å². The molecule has 1 saturated heterocycles. The largest absolute Gasteiger partial charge is 0.491 e. The SMILES string of the molecule is CC1(C)OC[C@@H](COc2cccc(Nc3ncc(Br)c(Nc4ccc(F)cc4)n3)c2)O1. The van der Waals surface area contributed by atoms with Gasteiger partial charge in [-0.3, -0.25) is 0 Å². The summed E-state index contributed by atoms with van der Waals surface area (Å²) < 4.78 is 31.0. The number of anilines is 4. The first kappa shape index (κ1) is 21.5. The molecule has 9 heteroatoms. The van der Waals surface area contributed by atoms with E-state index < -0.39 is 5.79 Å². The van der Waals surface area contributed by atoms with E-state index in [0.717, 1.165) is 5.69 Å². The van der Waals surface area contributed by atoms with Crippen LogP contribution < -0.4 is 15.4 Å². The summed E-state index contributed by atoms with van der Waals surface area (Å²) in [6.45, 7) is 4.67. The molecule has 0 spiro atoms. The van der Waals surface area contributed by atoms with E-state index in [2.05, 4.69) is 36.5 Å². The smallest absolute Gasteiger partial charge is 0.229 e. The fourth-order valence-electron chi connectivity index (χ4n) is 3.01. The zero-order valence-electron chi connectivity index (χ0n) is 17.1. The van der Waals surface area contributed by atoms with Gasteiger partial charge in [0.25, 0.3) is 0 Å². The molecular formula is C22H22BrFN4O3. The van der Waals surface area contributed by atoms with Crippen molar-refractivity contribution in [3.8, 4) is 5.75 Å². The number of halogens is 2. The number of hydrogen-bond donors (Lipinski definition) is 2. The third-order valence-electron chi connectivity index (χ3n) is 4.44. The Balaban J connectivity index is 1.41. The lowest BCUT2D eigenvalue weighted by molar-refractivity contribution is -0.141. The molecule has 2 aromatic carbocycles. The Morgan fingerprint density at radius 2 is 1.97 bits per heavy atom. The molecule has 162 valence electrons. The van der Waals surface area contributed by atoms with Crippen molar-refractivity contribution < 1.29 is 18.6 Å². The highest BCUT2D eigenvalue weighted by Gasteiger charge is 2.32. The lowest BCUT2D eigenvalue weighted by Crippen LogP contribution is -2.25. The van der Waals surface area contributed by atoms with Crippen molar-refractivity contribution in [1.82, 2.24) is 9.97 Å². The highest BCUT2D eigenvalue weighted by molar-refractivity contribution is 9.10. The molecule has 0 unspecified atom stereocenters. The fourth-order valence-corrected chi connectivity index (χ4v) is 3.30. The van der Waals surface area contributed by atoms with Gasteiger partial charge in [0.1, 0.15) is 30.1 Å². The minimum Gasteiger partial charge on any atom is -0.491 e. The first-order valence-electron chi connectivity index (χ1n) is 9.73. The average molecular weight is 489 g/mol. The van der Waals surface area contributed by atoms with Crippen molar-refractivity contribution in [3.63, 3.8) is 0 Å². The van der Waals surface area contributed by atoms with Crippen molar-refractivity contribution in [2.24, 2.45) is 0 Å². The van der Waals surface area contributed by atoms with Gasteiger partial charge in [0.2, 0.25) is 5.95 Å². The van der Waals surface area contributed by atoms with Gasteiger partial charge in [-0.15, -0.1) is 0 Å². The minimum atomic E-state index is -0.573. The van der Waals surface area contributed by atoms with Gasteiger partial charge in [-0.05, 0) is 66.2 Å². The molecule has 4 rings (SSSR count). The molecule has 0 bridgehead atoms. The van der Waals surface area contributed by atoms with Crippen LogP contribution in [0.15, 0.2) is 59.2 Å². The second-order valence-electron chi connectivity index (χ2n) is 7.44. The van der Waals surface area contributed by atoms with E-state index in [4.69, 9.17) is 14.2 Å². The lowest BCUT2D eigenvalue weighted by atomic mass is 10.3. The van der Waals surface area contributed by atoms with Gasteiger partial charge in [-0.25, -0.2) is 9.37 Å². The highest BCUT2D eigenvalue weighted by atomic mass is 79.9.